The predicted molar refractivity (Wildman–Crippen MR) is 130 cm³/mol. The van der Waals surface area contributed by atoms with Crippen LogP contribution >= 0.6 is 11.8 Å². The summed E-state index contributed by atoms with van der Waals surface area (Å²) in [6.07, 6.45) is 8.76. The molecule has 170 valence electrons. The van der Waals surface area contributed by atoms with Crippen LogP contribution < -0.4 is 4.74 Å². The van der Waals surface area contributed by atoms with Gasteiger partial charge in [-0.15, -0.1) is 11.8 Å². The predicted octanol–water partition coefficient (Wildman–Crippen LogP) is 6.21. The van der Waals surface area contributed by atoms with Crippen molar-refractivity contribution in [2.75, 3.05) is 6.61 Å². The van der Waals surface area contributed by atoms with Crippen molar-refractivity contribution in [3.63, 3.8) is 0 Å². The van der Waals surface area contributed by atoms with Gasteiger partial charge < -0.3 is 14.3 Å². The van der Waals surface area contributed by atoms with Crippen LogP contribution in [0, 0.1) is 13.8 Å². The molecular formula is C27H27NO4S. The number of carboxylic acids is 1. The Morgan fingerprint density at radius 2 is 1.88 bits per heavy atom. The van der Waals surface area contributed by atoms with Gasteiger partial charge in [-0.1, -0.05) is 54.6 Å². The molecule has 0 atom stereocenters. The maximum Gasteiger partial charge on any atom is 0.341 e. The average molecular weight is 462 g/mol. The van der Waals surface area contributed by atoms with Crippen molar-refractivity contribution >= 4 is 17.7 Å². The summed E-state index contributed by atoms with van der Waals surface area (Å²) >= 11 is 1.66. The Morgan fingerprint density at radius 1 is 1.15 bits per heavy atom. The fourth-order valence-corrected chi connectivity index (χ4v) is 4.72. The van der Waals surface area contributed by atoms with E-state index in [0.29, 0.717) is 17.4 Å². The third kappa shape index (κ3) is 5.40. The molecule has 1 aliphatic carbocycles. The van der Waals surface area contributed by atoms with E-state index in [1.165, 1.54) is 5.56 Å². The average Bonchev–Trinajstić information content (AvgIpc) is 3.19. The number of rotatable bonds is 8. The zero-order valence-corrected chi connectivity index (χ0v) is 19.8. The molecule has 0 aliphatic heterocycles. The largest absolute Gasteiger partial charge is 0.482 e. The van der Waals surface area contributed by atoms with Crippen molar-refractivity contribution in [3.05, 3.63) is 101 Å². The Morgan fingerprint density at radius 3 is 2.55 bits per heavy atom. The van der Waals surface area contributed by atoms with Crippen molar-refractivity contribution in [1.82, 2.24) is 4.98 Å². The van der Waals surface area contributed by atoms with Gasteiger partial charge in [0, 0.05) is 16.6 Å². The van der Waals surface area contributed by atoms with Gasteiger partial charge in [0.1, 0.15) is 11.5 Å². The normalized spacial score (nSPS) is 19.5. The van der Waals surface area contributed by atoms with Crippen LogP contribution in [0.2, 0.25) is 0 Å². The van der Waals surface area contributed by atoms with E-state index in [4.69, 9.17) is 19.2 Å². The number of benzene rings is 2. The number of carbonyl (C=O) groups is 1. The van der Waals surface area contributed by atoms with Gasteiger partial charge in [0.2, 0.25) is 5.89 Å². The molecule has 0 unspecified atom stereocenters. The summed E-state index contributed by atoms with van der Waals surface area (Å²) in [5, 5.41) is 8.78. The second-order valence-corrected chi connectivity index (χ2v) is 9.41. The number of carboxylic acid groups (broad SMARTS) is 1. The molecule has 0 saturated carbocycles. The first-order valence-corrected chi connectivity index (χ1v) is 11.8. The molecule has 6 heteroatoms. The molecule has 5 nitrogen and oxygen atoms in total. The number of aromatic nitrogens is 1. The first-order chi connectivity index (χ1) is 15.8. The highest BCUT2D eigenvalue weighted by molar-refractivity contribution is 7.98. The standard InChI is InChI=1S/C27H27NO4S/c1-18-15-22(9-10-24(18)31-16-25(29)30)33-17-23-19(2)32-26(28-23)27(3)13-11-21(12-14-27)20-7-5-4-6-8-20/h4-15,21H,16-17H2,1-3H3,(H,29,30). The van der Waals surface area contributed by atoms with E-state index >= 15 is 0 Å². The smallest absolute Gasteiger partial charge is 0.341 e. The van der Waals surface area contributed by atoms with Gasteiger partial charge in [-0.2, -0.15) is 0 Å². The summed E-state index contributed by atoms with van der Waals surface area (Å²) < 4.78 is 11.4. The van der Waals surface area contributed by atoms with Gasteiger partial charge in [-0.3, -0.25) is 0 Å². The number of hydrogen-bond donors (Lipinski definition) is 1. The van der Waals surface area contributed by atoms with Crippen LogP contribution in [0.1, 0.15) is 41.3 Å². The fourth-order valence-electron chi connectivity index (χ4n) is 3.72. The summed E-state index contributed by atoms with van der Waals surface area (Å²) in [7, 11) is 0. The van der Waals surface area contributed by atoms with Crippen molar-refractivity contribution in [2.24, 2.45) is 0 Å². The number of allylic oxidation sites excluding steroid dienone is 4. The molecule has 1 aliphatic rings. The van der Waals surface area contributed by atoms with E-state index in [2.05, 4.69) is 55.5 Å². The Kier molecular flexibility index (Phi) is 6.75. The molecule has 0 spiro atoms. The fraction of sp³-hybridized carbons (Fsp3) is 0.259. The Labute approximate surface area is 198 Å². The lowest BCUT2D eigenvalue weighted by Crippen LogP contribution is -2.19. The van der Waals surface area contributed by atoms with Crippen LogP contribution in [-0.4, -0.2) is 22.7 Å². The number of aryl methyl sites for hydroxylation is 2. The first kappa shape index (κ1) is 22.9. The zero-order valence-electron chi connectivity index (χ0n) is 18.9. The molecule has 0 amide bonds. The Bertz CT molecular complexity index is 1180. The van der Waals surface area contributed by atoms with E-state index in [0.717, 1.165) is 21.9 Å². The van der Waals surface area contributed by atoms with Gasteiger partial charge in [0.25, 0.3) is 0 Å². The van der Waals surface area contributed by atoms with Crippen LogP contribution in [-0.2, 0) is 16.0 Å². The van der Waals surface area contributed by atoms with Crippen molar-refractivity contribution in [3.8, 4) is 5.75 Å². The lowest BCUT2D eigenvalue weighted by molar-refractivity contribution is -0.139. The van der Waals surface area contributed by atoms with Crippen molar-refractivity contribution in [2.45, 2.75) is 42.8 Å². The zero-order chi connectivity index (χ0) is 23.4. The molecule has 0 fully saturated rings. The number of oxazole rings is 1. The SMILES string of the molecule is Cc1cc(SCc2nc(C3(C)C=CC(c4ccccc4)C=C3)oc2C)ccc1OCC(=O)O. The van der Waals surface area contributed by atoms with E-state index < -0.39 is 5.97 Å². The van der Waals surface area contributed by atoms with Crippen molar-refractivity contribution < 1.29 is 19.1 Å². The van der Waals surface area contributed by atoms with Gasteiger partial charge in [0.15, 0.2) is 6.61 Å². The maximum atomic E-state index is 10.7. The second-order valence-electron chi connectivity index (χ2n) is 8.36. The summed E-state index contributed by atoms with van der Waals surface area (Å²) in [5.74, 6) is 2.06. The van der Waals surface area contributed by atoms with Gasteiger partial charge >= 0.3 is 5.97 Å². The summed E-state index contributed by atoms with van der Waals surface area (Å²) in [6.45, 7) is 5.63. The van der Waals surface area contributed by atoms with Crippen LogP contribution in [0.15, 0.2) is 82.1 Å². The summed E-state index contributed by atoms with van der Waals surface area (Å²) in [5.41, 5.74) is 2.71. The third-order valence-electron chi connectivity index (χ3n) is 5.71. The molecule has 1 aromatic heterocycles. The topological polar surface area (TPSA) is 72.6 Å². The van der Waals surface area contributed by atoms with Crippen LogP contribution in [0.4, 0.5) is 0 Å². The number of ether oxygens (including phenoxy) is 1. The van der Waals surface area contributed by atoms with Crippen LogP contribution in [0.3, 0.4) is 0 Å². The molecule has 3 aromatic rings. The molecule has 0 radical (unpaired) electrons. The molecule has 0 bridgehead atoms. The Balaban J connectivity index is 1.42. The molecule has 0 saturated heterocycles. The number of thioether (sulfide) groups is 1. The van der Waals surface area contributed by atoms with Crippen molar-refractivity contribution in [1.29, 1.82) is 0 Å². The molecule has 1 N–H and O–H groups in total. The minimum absolute atomic E-state index is 0.260. The van der Waals surface area contributed by atoms with E-state index in [9.17, 15) is 4.79 Å². The second kappa shape index (κ2) is 9.71. The highest BCUT2D eigenvalue weighted by Gasteiger charge is 2.30. The van der Waals surface area contributed by atoms with Gasteiger partial charge in [0.05, 0.1) is 11.1 Å². The highest BCUT2D eigenvalue weighted by Crippen LogP contribution is 2.36. The molecular weight excluding hydrogens is 434 g/mol. The minimum atomic E-state index is -0.989. The monoisotopic (exact) mass is 461 g/mol. The third-order valence-corrected chi connectivity index (χ3v) is 6.72. The molecule has 1 heterocycles. The lowest BCUT2D eigenvalue weighted by Gasteiger charge is -2.24. The first-order valence-electron chi connectivity index (χ1n) is 10.8. The quantitative estimate of drug-likeness (QED) is 0.317. The molecule has 2 aromatic carbocycles. The van der Waals surface area contributed by atoms with Gasteiger partial charge in [-0.25, -0.2) is 9.78 Å². The number of aliphatic carboxylic acids is 1. The maximum absolute atomic E-state index is 10.7. The number of nitrogens with zero attached hydrogens (tertiary/aromatic N) is 1. The summed E-state index contributed by atoms with van der Waals surface area (Å²) in [4.78, 5) is 16.6. The Hall–Kier alpha value is -3.25. The van der Waals surface area contributed by atoms with Crippen LogP contribution in [0.25, 0.3) is 0 Å². The van der Waals surface area contributed by atoms with E-state index in [1.54, 1.807) is 11.8 Å². The molecule has 4 rings (SSSR count). The minimum Gasteiger partial charge on any atom is -0.482 e. The summed E-state index contributed by atoms with van der Waals surface area (Å²) in [6, 6.07) is 16.2. The van der Waals surface area contributed by atoms with E-state index in [-0.39, 0.29) is 17.9 Å². The van der Waals surface area contributed by atoms with Crippen LogP contribution in [0.5, 0.6) is 5.75 Å². The van der Waals surface area contributed by atoms with E-state index in [1.807, 2.05) is 38.1 Å². The number of hydrogen-bond acceptors (Lipinski definition) is 5. The van der Waals surface area contributed by atoms with Gasteiger partial charge in [-0.05, 0) is 50.1 Å². The highest BCUT2D eigenvalue weighted by atomic mass is 32.2. The lowest BCUT2D eigenvalue weighted by atomic mass is 9.81. The molecule has 33 heavy (non-hydrogen) atoms.